The smallest absolute Gasteiger partial charge is 0.270 e. The van der Waals surface area contributed by atoms with E-state index in [2.05, 4.69) is 5.32 Å². The summed E-state index contributed by atoms with van der Waals surface area (Å²) < 4.78 is 17.7. The Kier molecular flexibility index (Phi) is 7.09. The fourth-order valence-corrected chi connectivity index (χ4v) is 4.46. The van der Waals surface area contributed by atoms with E-state index in [0.717, 1.165) is 28.0 Å². The summed E-state index contributed by atoms with van der Waals surface area (Å²) in [4.78, 5) is 28.6. The maximum Gasteiger partial charge on any atom is 0.270 e. The van der Waals surface area contributed by atoms with Gasteiger partial charge in [-0.15, -0.1) is 0 Å². The van der Waals surface area contributed by atoms with E-state index in [9.17, 15) is 9.59 Å². The zero-order valence-electron chi connectivity index (χ0n) is 20.9. The third-order valence-corrected chi connectivity index (χ3v) is 6.51. The van der Waals surface area contributed by atoms with Crippen molar-refractivity contribution in [1.29, 1.82) is 0 Å². The van der Waals surface area contributed by atoms with Crippen LogP contribution < -0.4 is 14.8 Å². The molecule has 0 saturated carbocycles. The molecule has 5 rings (SSSR count). The van der Waals surface area contributed by atoms with Gasteiger partial charge in [-0.25, -0.2) is 0 Å². The van der Waals surface area contributed by atoms with Crippen LogP contribution in [0.15, 0.2) is 72.8 Å². The van der Waals surface area contributed by atoms with Gasteiger partial charge in [0.25, 0.3) is 5.91 Å². The molecular formula is C29H29N3O5. The molecule has 0 unspecified atom stereocenters. The Morgan fingerprint density at radius 3 is 2.11 bits per heavy atom. The minimum Gasteiger partial charge on any atom is -0.497 e. The van der Waals surface area contributed by atoms with Crippen molar-refractivity contribution in [2.75, 3.05) is 45.8 Å². The summed E-state index contributed by atoms with van der Waals surface area (Å²) in [5.41, 5.74) is 3.59. The lowest BCUT2D eigenvalue weighted by Crippen LogP contribution is -2.41. The minimum absolute atomic E-state index is 0.0350. The zero-order valence-corrected chi connectivity index (χ0v) is 20.9. The highest BCUT2D eigenvalue weighted by molar-refractivity contribution is 6.02. The zero-order chi connectivity index (χ0) is 25.8. The SMILES string of the molecule is COc1ccc(Nc2ccc3cc(C(=O)N4CCOCC4)n(CC(=O)c4ccc(OC)cc4)c3c2)cc1. The van der Waals surface area contributed by atoms with Crippen LogP contribution in [0.1, 0.15) is 20.8 Å². The van der Waals surface area contributed by atoms with E-state index in [1.807, 2.05) is 53.1 Å². The predicted molar refractivity (Wildman–Crippen MR) is 142 cm³/mol. The maximum absolute atomic E-state index is 13.5. The van der Waals surface area contributed by atoms with Crippen LogP contribution in [0, 0.1) is 0 Å². The number of nitrogens with zero attached hydrogens (tertiary/aromatic N) is 2. The van der Waals surface area contributed by atoms with Crippen LogP contribution in [0.5, 0.6) is 11.5 Å². The van der Waals surface area contributed by atoms with Gasteiger partial charge in [-0.1, -0.05) is 6.07 Å². The molecule has 4 aromatic rings. The predicted octanol–water partition coefficient (Wildman–Crippen LogP) is 4.76. The second-order valence-electron chi connectivity index (χ2n) is 8.80. The monoisotopic (exact) mass is 499 g/mol. The van der Waals surface area contributed by atoms with Crippen molar-refractivity contribution in [3.8, 4) is 11.5 Å². The first-order chi connectivity index (χ1) is 18.1. The molecule has 1 aromatic heterocycles. The molecular weight excluding hydrogens is 470 g/mol. The minimum atomic E-state index is -0.105. The summed E-state index contributed by atoms with van der Waals surface area (Å²) in [6.07, 6.45) is 0. The van der Waals surface area contributed by atoms with Crippen molar-refractivity contribution in [3.05, 3.63) is 84.1 Å². The molecule has 0 spiro atoms. The largest absolute Gasteiger partial charge is 0.497 e. The number of aromatic nitrogens is 1. The number of nitrogens with one attached hydrogen (secondary N) is 1. The number of hydrogen-bond donors (Lipinski definition) is 1. The molecule has 0 aliphatic carbocycles. The Balaban J connectivity index is 1.50. The van der Waals surface area contributed by atoms with Crippen LogP contribution in [-0.4, -0.2) is 61.7 Å². The van der Waals surface area contributed by atoms with Crippen molar-refractivity contribution in [1.82, 2.24) is 9.47 Å². The highest BCUT2D eigenvalue weighted by Crippen LogP contribution is 2.28. The maximum atomic E-state index is 13.5. The van der Waals surface area contributed by atoms with Crippen LogP contribution in [-0.2, 0) is 11.3 Å². The highest BCUT2D eigenvalue weighted by atomic mass is 16.5. The molecule has 1 aliphatic rings. The summed E-state index contributed by atoms with van der Waals surface area (Å²) in [5, 5.41) is 4.28. The average molecular weight is 500 g/mol. The van der Waals surface area contributed by atoms with Crippen LogP contribution in [0.4, 0.5) is 11.4 Å². The van der Waals surface area contributed by atoms with E-state index in [-0.39, 0.29) is 18.2 Å². The molecule has 37 heavy (non-hydrogen) atoms. The molecule has 0 bridgehead atoms. The van der Waals surface area contributed by atoms with Crippen molar-refractivity contribution in [2.24, 2.45) is 0 Å². The Morgan fingerprint density at radius 2 is 1.46 bits per heavy atom. The van der Waals surface area contributed by atoms with Gasteiger partial charge in [0.2, 0.25) is 0 Å². The van der Waals surface area contributed by atoms with Gasteiger partial charge in [-0.3, -0.25) is 9.59 Å². The molecule has 1 fully saturated rings. The van der Waals surface area contributed by atoms with E-state index in [1.165, 1.54) is 0 Å². The standard InChI is InChI=1S/C29H29N3O5/c1-35-24-9-4-20(5-10-24)28(33)19-32-26-18-23(30-22-7-11-25(36-2)12-8-22)6-3-21(26)17-27(32)29(34)31-13-15-37-16-14-31/h3-12,17-18,30H,13-16,19H2,1-2H3. The van der Waals surface area contributed by atoms with E-state index in [4.69, 9.17) is 14.2 Å². The fourth-order valence-electron chi connectivity index (χ4n) is 4.46. The lowest BCUT2D eigenvalue weighted by Gasteiger charge is -2.27. The molecule has 1 N–H and O–H groups in total. The molecule has 8 heteroatoms. The van der Waals surface area contributed by atoms with Gasteiger partial charge in [-0.05, 0) is 66.7 Å². The number of anilines is 2. The molecule has 1 aliphatic heterocycles. The second kappa shape index (κ2) is 10.8. The third-order valence-electron chi connectivity index (χ3n) is 6.51. The molecule has 0 radical (unpaired) electrons. The van der Waals surface area contributed by atoms with Gasteiger partial charge in [0.1, 0.15) is 17.2 Å². The van der Waals surface area contributed by atoms with Crippen LogP contribution in [0.25, 0.3) is 10.9 Å². The lowest BCUT2D eigenvalue weighted by atomic mass is 10.1. The number of benzene rings is 3. The molecule has 8 nitrogen and oxygen atoms in total. The number of amides is 1. The third kappa shape index (κ3) is 5.29. The molecule has 2 heterocycles. The van der Waals surface area contributed by atoms with Gasteiger partial charge in [0.15, 0.2) is 5.78 Å². The van der Waals surface area contributed by atoms with E-state index in [0.29, 0.717) is 43.3 Å². The topological polar surface area (TPSA) is 82.0 Å². The Bertz CT molecular complexity index is 1400. The summed E-state index contributed by atoms with van der Waals surface area (Å²) in [6, 6.07) is 22.4. The van der Waals surface area contributed by atoms with Crippen molar-refractivity contribution >= 4 is 34.0 Å². The van der Waals surface area contributed by atoms with Crippen LogP contribution in [0.2, 0.25) is 0 Å². The number of Topliss-reactive ketones (excluding diaryl/α,β-unsaturated/α-hetero) is 1. The van der Waals surface area contributed by atoms with Crippen LogP contribution >= 0.6 is 0 Å². The number of ketones is 1. The molecule has 190 valence electrons. The number of methoxy groups -OCH3 is 2. The molecule has 3 aromatic carbocycles. The quantitative estimate of drug-likeness (QED) is 0.352. The Labute approximate surface area is 215 Å². The van der Waals surface area contributed by atoms with Crippen LogP contribution in [0.3, 0.4) is 0 Å². The van der Waals surface area contributed by atoms with E-state index < -0.39 is 0 Å². The lowest BCUT2D eigenvalue weighted by molar-refractivity contribution is 0.0296. The average Bonchev–Trinajstić information content (AvgIpc) is 3.31. The van der Waals surface area contributed by atoms with Gasteiger partial charge in [0.05, 0.1) is 39.5 Å². The summed E-state index contributed by atoms with van der Waals surface area (Å²) in [6.45, 7) is 2.10. The summed E-state index contributed by atoms with van der Waals surface area (Å²) in [5.74, 6) is 1.26. The summed E-state index contributed by atoms with van der Waals surface area (Å²) >= 11 is 0. The molecule has 1 saturated heterocycles. The van der Waals surface area contributed by atoms with Gasteiger partial charge < -0.3 is 29.0 Å². The first-order valence-electron chi connectivity index (χ1n) is 12.1. The molecule has 0 atom stereocenters. The number of fused-ring (bicyclic) bond motifs is 1. The molecule has 1 amide bonds. The Morgan fingerprint density at radius 1 is 0.838 bits per heavy atom. The van der Waals surface area contributed by atoms with Gasteiger partial charge in [-0.2, -0.15) is 0 Å². The summed E-state index contributed by atoms with van der Waals surface area (Å²) in [7, 11) is 3.22. The first kappa shape index (κ1) is 24.4. The van der Waals surface area contributed by atoms with Gasteiger partial charge >= 0.3 is 0 Å². The highest BCUT2D eigenvalue weighted by Gasteiger charge is 2.24. The second-order valence-corrected chi connectivity index (χ2v) is 8.80. The number of carbonyl (C=O) groups excluding carboxylic acids is 2. The number of hydrogen-bond acceptors (Lipinski definition) is 6. The fraction of sp³-hybridized carbons (Fsp3) is 0.241. The van der Waals surface area contributed by atoms with Crippen molar-refractivity contribution in [3.63, 3.8) is 0 Å². The van der Waals surface area contributed by atoms with Crippen molar-refractivity contribution in [2.45, 2.75) is 6.54 Å². The van der Waals surface area contributed by atoms with E-state index >= 15 is 0 Å². The number of rotatable bonds is 8. The van der Waals surface area contributed by atoms with E-state index in [1.54, 1.807) is 43.4 Å². The number of carbonyl (C=O) groups is 2. The number of ether oxygens (including phenoxy) is 3. The van der Waals surface area contributed by atoms with Crippen molar-refractivity contribution < 1.29 is 23.8 Å². The normalized spacial score (nSPS) is 13.4. The van der Waals surface area contributed by atoms with Gasteiger partial charge in [0, 0.05) is 35.4 Å². The number of morpholine rings is 1. The first-order valence-corrected chi connectivity index (χ1v) is 12.1. The Hall–Kier alpha value is -4.30.